The van der Waals surface area contributed by atoms with E-state index in [0.717, 1.165) is 11.1 Å². The molecule has 1 aromatic carbocycles. The van der Waals surface area contributed by atoms with Crippen molar-refractivity contribution in [1.82, 2.24) is 4.98 Å². The van der Waals surface area contributed by atoms with Crippen molar-refractivity contribution in [2.24, 2.45) is 0 Å². The van der Waals surface area contributed by atoms with Crippen molar-refractivity contribution in [3.05, 3.63) is 58.4 Å². The number of pyridine rings is 1. The predicted octanol–water partition coefficient (Wildman–Crippen LogP) is 3.32. The number of aromatic nitrogens is 1. The zero-order valence-electron chi connectivity index (χ0n) is 10.3. The monoisotopic (exact) mass is 277 g/mol. The molecule has 1 heterocycles. The molecule has 0 aliphatic carbocycles. The van der Waals surface area contributed by atoms with E-state index in [1.807, 2.05) is 6.92 Å². The summed E-state index contributed by atoms with van der Waals surface area (Å²) < 4.78 is 5.55. The SMILES string of the molecule is Cc1ccc(C(=O)O)c(OCc2ccncc2Cl)c1. The van der Waals surface area contributed by atoms with Crippen molar-refractivity contribution < 1.29 is 14.6 Å². The van der Waals surface area contributed by atoms with Crippen molar-refractivity contribution in [2.45, 2.75) is 13.5 Å². The second kappa shape index (κ2) is 5.71. The molecule has 1 aromatic heterocycles. The fourth-order valence-electron chi connectivity index (χ4n) is 1.60. The molecule has 0 saturated carbocycles. The first-order chi connectivity index (χ1) is 9.08. The summed E-state index contributed by atoms with van der Waals surface area (Å²) in [4.78, 5) is 15.0. The highest BCUT2D eigenvalue weighted by Crippen LogP contribution is 2.23. The van der Waals surface area contributed by atoms with Gasteiger partial charge in [-0.25, -0.2) is 4.79 Å². The van der Waals surface area contributed by atoms with Gasteiger partial charge in [-0.05, 0) is 30.7 Å². The van der Waals surface area contributed by atoms with Gasteiger partial charge in [0, 0.05) is 18.0 Å². The average molecular weight is 278 g/mol. The van der Waals surface area contributed by atoms with Crippen LogP contribution in [0.3, 0.4) is 0 Å². The van der Waals surface area contributed by atoms with Crippen molar-refractivity contribution in [1.29, 1.82) is 0 Å². The molecule has 1 N–H and O–H groups in total. The van der Waals surface area contributed by atoms with Gasteiger partial charge < -0.3 is 9.84 Å². The van der Waals surface area contributed by atoms with Gasteiger partial charge >= 0.3 is 5.97 Å². The van der Waals surface area contributed by atoms with E-state index in [-0.39, 0.29) is 12.2 Å². The molecule has 0 saturated heterocycles. The minimum Gasteiger partial charge on any atom is -0.488 e. The number of benzene rings is 1. The van der Waals surface area contributed by atoms with Gasteiger partial charge in [-0.2, -0.15) is 0 Å². The number of rotatable bonds is 4. The molecule has 5 heteroatoms. The molecule has 0 unspecified atom stereocenters. The zero-order chi connectivity index (χ0) is 13.8. The lowest BCUT2D eigenvalue weighted by molar-refractivity contribution is 0.0692. The number of carboxylic acid groups (broad SMARTS) is 1. The van der Waals surface area contributed by atoms with Crippen LogP contribution in [0.5, 0.6) is 5.75 Å². The van der Waals surface area contributed by atoms with E-state index in [4.69, 9.17) is 21.4 Å². The lowest BCUT2D eigenvalue weighted by atomic mass is 10.1. The second-order valence-electron chi connectivity index (χ2n) is 4.06. The normalized spacial score (nSPS) is 10.2. The smallest absolute Gasteiger partial charge is 0.339 e. The summed E-state index contributed by atoms with van der Waals surface area (Å²) in [5.41, 5.74) is 1.83. The molecule has 0 spiro atoms. The molecule has 0 aliphatic rings. The van der Waals surface area contributed by atoms with Crippen molar-refractivity contribution >= 4 is 17.6 Å². The van der Waals surface area contributed by atoms with Crippen LogP contribution < -0.4 is 4.74 Å². The Morgan fingerprint density at radius 1 is 1.42 bits per heavy atom. The quantitative estimate of drug-likeness (QED) is 0.931. The number of halogens is 1. The molecule has 2 aromatic rings. The molecule has 0 radical (unpaired) electrons. The van der Waals surface area contributed by atoms with Crippen LogP contribution in [-0.2, 0) is 6.61 Å². The lowest BCUT2D eigenvalue weighted by Crippen LogP contribution is -2.04. The van der Waals surface area contributed by atoms with Gasteiger partial charge in [0.2, 0.25) is 0 Å². The Hall–Kier alpha value is -2.07. The largest absolute Gasteiger partial charge is 0.488 e. The molecule has 0 atom stereocenters. The molecule has 98 valence electrons. The number of nitrogens with zero attached hydrogens (tertiary/aromatic N) is 1. The van der Waals surface area contributed by atoms with Crippen LogP contribution in [0.15, 0.2) is 36.7 Å². The first kappa shape index (κ1) is 13.4. The molecular formula is C14H12ClNO3. The molecule has 0 fully saturated rings. The third kappa shape index (κ3) is 3.23. The molecular weight excluding hydrogens is 266 g/mol. The van der Waals surface area contributed by atoms with Gasteiger partial charge in [0.05, 0.1) is 5.02 Å². The first-order valence-electron chi connectivity index (χ1n) is 5.63. The van der Waals surface area contributed by atoms with Gasteiger partial charge in [0.1, 0.15) is 17.9 Å². The Morgan fingerprint density at radius 3 is 2.89 bits per heavy atom. The van der Waals surface area contributed by atoms with E-state index < -0.39 is 5.97 Å². The van der Waals surface area contributed by atoms with E-state index >= 15 is 0 Å². The van der Waals surface area contributed by atoms with E-state index in [9.17, 15) is 4.79 Å². The Kier molecular flexibility index (Phi) is 4.02. The third-order valence-electron chi connectivity index (χ3n) is 2.61. The summed E-state index contributed by atoms with van der Waals surface area (Å²) in [6, 6.07) is 6.69. The average Bonchev–Trinajstić information content (AvgIpc) is 2.37. The number of carbonyl (C=O) groups is 1. The minimum atomic E-state index is -1.02. The number of aromatic carboxylic acids is 1. The minimum absolute atomic E-state index is 0.135. The lowest BCUT2D eigenvalue weighted by Gasteiger charge is -2.10. The number of hydrogen-bond donors (Lipinski definition) is 1. The van der Waals surface area contributed by atoms with Crippen LogP contribution in [0.1, 0.15) is 21.5 Å². The van der Waals surface area contributed by atoms with Crippen LogP contribution in [0, 0.1) is 6.92 Å². The van der Waals surface area contributed by atoms with Gasteiger partial charge in [-0.3, -0.25) is 4.98 Å². The fraction of sp³-hybridized carbons (Fsp3) is 0.143. The van der Waals surface area contributed by atoms with E-state index in [2.05, 4.69) is 4.98 Å². The van der Waals surface area contributed by atoms with Gasteiger partial charge in [-0.1, -0.05) is 17.7 Å². The van der Waals surface area contributed by atoms with E-state index in [0.29, 0.717) is 10.8 Å². The highest BCUT2D eigenvalue weighted by molar-refractivity contribution is 6.31. The number of carboxylic acids is 1. The van der Waals surface area contributed by atoms with Crippen molar-refractivity contribution in [2.75, 3.05) is 0 Å². The Morgan fingerprint density at radius 2 is 2.21 bits per heavy atom. The summed E-state index contributed by atoms with van der Waals surface area (Å²) in [5.74, 6) is -0.684. The zero-order valence-corrected chi connectivity index (χ0v) is 11.0. The number of ether oxygens (including phenoxy) is 1. The highest BCUT2D eigenvalue weighted by atomic mass is 35.5. The summed E-state index contributed by atoms with van der Waals surface area (Å²) >= 11 is 5.97. The molecule has 2 rings (SSSR count). The second-order valence-corrected chi connectivity index (χ2v) is 4.47. The highest BCUT2D eigenvalue weighted by Gasteiger charge is 2.12. The summed E-state index contributed by atoms with van der Waals surface area (Å²) in [7, 11) is 0. The summed E-state index contributed by atoms with van der Waals surface area (Å²) in [6.45, 7) is 2.07. The molecule has 0 aliphatic heterocycles. The van der Waals surface area contributed by atoms with Crippen LogP contribution in [0.2, 0.25) is 5.02 Å². The summed E-state index contributed by atoms with van der Waals surface area (Å²) in [6.07, 6.45) is 3.13. The number of aryl methyl sites for hydroxylation is 1. The van der Waals surface area contributed by atoms with Crippen LogP contribution in [0.4, 0.5) is 0 Å². The van der Waals surface area contributed by atoms with Gasteiger partial charge in [0.15, 0.2) is 0 Å². The maximum Gasteiger partial charge on any atom is 0.339 e. The standard InChI is InChI=1S/C14H12ClNO3/c1-9-2-3-11(14(17)18)13(6-9)19-8-10-4-5-16-7-12(10)15/h2-7H,8H2,1H3,(H,17,18). The Labute approximate surface area is 115 Å². The van der Waals surface area contributed by atoms with Gasteiger partial charge in [-0.15, -0.1) is 0 Å². The predicted molar refractivity (Wildman–Crippen MR) is 71.7 cm³/mol. The number of hydrogen-bond acceptors (Lipinski definition) is 3. The Balaban J connectivity index is 2.22. The van der Waals surface area contributed by atoms with E-state index in [1.165, 1.54) is 12.3 Å². The van der Waals surface area contributed by atoms with E-state index in [1.54, 1.807) is 24.4 Å². The van der Waals surface area contributed by atoms with Gasteiger partial charge in [0.25, 0.3) is 0 Å². The summed E-state index contributed by atoms with van der Waals surface area (Å²) in [5, 5.41) is 9.58. The maximum atomic E-state index is 11.1. The third-order valence-corrected chi connectivity index (χ3v) is 2.95. The molecule has 0 bridgehead atoms. The fourth-order valence-corrected chi connectivity index (χ4v) is 1.78. The van der Waals surface area contributed by atoms with Crippen molar-refractivity contribution in [3.8, 4) is 5.75 Å². The maximum absolute atomic E-state index is 11.1. The van der Waals surface area contributed by atoms with Crippen LogP contribution in [0.25, 0.3) is 0 Å². The molecule has 0 amide bonds. The van der Waals surface area contributed by atoms with Crippen LogP contribution >= 0.6 is 11.6 Å². The topological polar surface area (TPSA) is 59.4 Å². The molecule has 19 heavy (non-hydrogen) atoms. The van der Waals surface area contributed by atoms with Crippen molar-refractivity contribution in [3.63, 3.8) is 0 Å². The molecule has 4 nitrogen and oxygen atoms in total. The Bertz CT molecular complexity index is 613. The van der Waals surface area contributed by atoms with Crippen LogP contribution in [-0.4, -0.2) is 16.1 Å². The first-order valence-corrected chi connectivity index (χ1v) is 6.01.